The van der Waals surface area contributed by atoms with E-state index < -0.39 is 5.51 Å². The SMILES string of the molecule is CCCCCc1cc(SC(F)(F)F)[nH]c1CCCCC. The summed E-state index contributed by atoms with van der Waals surface area (Å²) in [6.45, 7) is 4.26. The molecule has 1 rings (SSSR count). The summed E-state index contributed by atoms with van der Waals surface area (Å²) < 4.78 is 37.3. The summed E-state index contributed by atoms with van der Waals surface area (Å²) >= 11 is -0.0414. The van der Waals surface area contributed by atoms with Gasteiger partial charge in [0.15, 0.2) is 0 Å². The van der Waals surface area contributed by atoms with Crippen LogP contribution in [0.2, 0.25) is 0 Å². The van der Waals surface area contributed by atoms with Crippen molar-refractivity contribution in [2.45, 2.75) is 75.7 Å². The maximum Gasteiger partial charge on any atom is 0.447 e. The molecule has 1 aromatic rings. The standard InChI is InChI=1S/C15H24F3NS/c1-3-5-7-9-12-11-14(20-15(16,17)18)19-13(12)10-8-6-4-2/h11,19H,3-10H2,1-2H3. The van der Waals surface area contributed by atoms with Crippen LogP contribution < -0.4 is 0 Å². The smallest absolute Gasteiger partial charge is 0.353 e. The van der Waals surface area contributed by atoms with Crippen LogP contribution in [0.1, 0.15) is 63.6 Å². The van der Waals surface area contributed by atoms with Gasteiger partial charge in [0.05, 0.1) is 5.03 Å². The Morgan fingerprint density at radius 1 is 1.00 bits per heavy atom. The van der Waals surface area contributed by atoms with Crippen molar-refractivity contribution in [1.82, 2.24) is 4.98 Å². The molecule has 0 fully saturated rings. The van der Waals surface area contributed by atoms with E-state index in [1.807, 2.05) is 0 Å². The van der Waals surface area contributed by atoms with E-state index >= 15 is 0 Å². The summed E-state index contributed by atoms with van der Waals surface area (Å²) in [6.07, 6.45) is 8.31. The molecule has 1 N–H and O–H groups in total. The fourth-order valence-electron chi connectivity index (χ4n) is 2.25. The van der Waals surface area contributed by atoms with Gasteiger partial charge in [0, 0.05) is 17.5 Å². The highest BCUT2D eigenvalue weighted by atomic mass is 32.2. The molecule has 0 aliphatic heterocycles. The van der Waals surface area contributed by atoms with Crippen molar-refractivity contribution in [3.63, 3.8) is 0 Å². The topological polar surface area (TPSA) is 15.8 Å². The lowest BCUT2D eigenvalue weighted by Gasteiger charge is -2.03. The van der Waals surface area contributed by atoms with E-state index in [0.717, 1.165) is 62.6 Å². The maximum absolute atomic E-state index is 12.4. The molecule has 5 heteroatoms. The van der Waals surface area contributed by atoms with Gasteiger partial charge in [-0.05, 0) is 37.3 Å². The van der Waals surface area contributed by atoms with Gasteiger partial charge in [0.25, 0.3) is 0 Å². The lowest BCUT2D eigenvalue weighted by molar-refractivity contribution is -0.0329. The Labute approximate surface area is 123 Å². The van der Waals surface area contributed by atoms with Gasteiger partial charge >= 0.3 is 5.51 Å². The number of rotatable bonds is 9. The molecule has 0 radical (unpaired) electrons. The summed E-state index contributed by atoms with van der Waals surface area (Å²) in [7, 11) is 0. The first-order valence-electron chi connectivity index (χ1n) is 7.42. The van der Waals surface area contributed by atoms with E-state index in [1.165, 1.54) is 0 Å². The number of hydrogen-bond acceptors (Lipinski definition) is 1. The molecule has 0 unspecified atom stereocenters. The fraction of sp³-hybridized carbons (Fsp3) is 0.733. The number of thioether (sulfide) groups is 1. The molecular formula is C15H24F3NS. The van der Waals surface area contributed by atoms with Crippen LogP contribution >= 0.6 is 11.8 Å². The number of nitrogens with one attached hydrogen (secondary N) is 1. The highest BCUT2D eigenvalue weighted by molar-refractivity contribution is 8.00. The van der Waals surface area contributed by atoms with Crippen LogP contribution in [0.15, 0.2) is 11.1 Å². The Morgan fingerprint density at radius 3 is 2.15 bits per heavy atom. The summed E-state index contributed by atoms with van der Waals surface area (Å²) in [6, 6.07) is 1.69. The molecule has 0 amide bonds. The zero-order chi connectivity index (χ0) is 15.0. The van der Waals surface area contributed by atoms with Crippen LogP contribution in [0.4, 0.5) is 13.2 Å². The zero-order valence-corrected chi connectivity index (χ0v) is 13.1. The second-order valence-electron chi connectivity index (χ2n) is 5.10. The highest BCUT2D eigenvalue weighted by Gasteiger charge is 2.30. The van der Waals surface area contributed by atoms with Gasteiger partial charge < -0.3 is 4.98 Å². The van der Waals surface area contributed by atoms with Gasteiger partial charge in [0.2, 0.25) is 0 Å². The Hall–Kier alpha value is -0.580. The van der Waals surface area contributed by atoms with Crippen molar-refractivity contribution < 1.29 is 13.2 Å². The first-order chi connectivity index (χ1) is 9.46. The average molecular weight is 307 g/mol. The summed E-state index contributed by atoms with van der Waals surface area (Å²) in [4.78, 5) is 2.97. The van der Waals surface area contributed by atoms with Crippen LogP contribution in [0.3, 0.4) is 0 Å². The molecule has 0 saturated heterocycles. The highest BCUT2D eigenvalue weighted by Crippen LogP contribution is 2.37. The van der Waals surface area contributed by atoms with Gasteiger partial charge in [-0.1, -0.05) is 39.5 Å². The van der Waals surface area contributed by atoms with Crippen LogP contribution in [0.5, 0.6) is 0 Å². The number of aromatic nitrogens is 1. The third-order valence-electron chi connectivity index (χ3n) is 3.27. The molecule has 0 atom stereocenters. The summed E-state index contributed by atoms with van der Waals surface area (Å²) in [5.74, 6) is 0. The van der Waals surface area contributed by atoms with E-state index in [4.69, 9.17) is 0 Å². The molecule has 1 heterocycles. The maximum atomic E-state index is 12.4. The van der Waals surface area contributed by atoms with E-state index in [1.54, 1.807) is 6.07 Å². The van der Waals surface area contributed by atoms with Crippen molar-refractivity contribution >= 4 is 11.8 Å². The van der Waals surface area contributed by atoms with Gasteiger partial charge in [0.1, 0.15) is 0 Å². The molecule has 0 spiro atoms. The third kappa shape index (κ3) is 6.73. The minimum Gasteiger partial charge on any atom is -0.353 e. The Bertz CT molecular complexity index is 357. The number of unbranched alkanes of at least 4 members (excludes halogenated alkanes) is 4. The first-order valence-corrected chi connectivity index (χ1v) is 8.24. The first kappa shape index (κ1) is 17.5. The molecule has 20 heavy (non-hydrogen) atoms. The number of halogens is 3. The quantitative estimate of drug-likeness (QED) is 0.431. The Balaban J connectivity index is 2.70. The normalized spacial score (nSPS) is 12.1. The monoisotopic (exact) mass is 307 g/mol. The summed E-state index contributed by atoms with van der Waals surface area (Å²) in [5, 5.41) is 0.232. The lowest BCUT2D eigenvalue weighted by Crippen LogP contribution is -1.99. The molecular weight excluding hydrogens is 283 g/mol. The second kappa shape index (κ2) is 8.65. The van der Waals surface area contributed by atoms with Gasteiger partial charge in [-0.25, -0.2) is 0 Å². The van der Waals surface area contributed by atoms with Crippen molar-refractivity contribution in [1.29, 1.82) is 0 Å². The average Bonchev–Trinajstić information content (AvgIpc) is 2.70. The molecule has 0 aliphatic rings. The Kier molecular flexibility index (Phi) is 7.56. The van der Waals surface area contributed by atoms with Crippen LogP contribution in [-0.4, -0.2) is 10.5 Å². The molecule has 1 aromatic heterocycles. The van der Waals surface area contributed by atoms with Gasteiger partial charge in [-0.15, -0.1) is 0 Å². The number of aryl methyl sites for hydroxylation is 2. The van der Waals surface area contributed by atoms with Crippen LogP contribution in [-0.2, 0) is 12.8 Å². The van der Waals surface area contributed by atoms with Crippen molar-refractivity contribution in [3.8, 4) is 0 Å². The van der Waals surface area contributed by atoms with Crippen molar-refractivity contribution in [2.24, 2.45) is 0 Å². The van der Waals surface area contributed by atoms with Gasteiger partial charge in [-0.2, -0.15) is 13.2 Å². The molecule has 0 saturated carbocycles. The van der Waals surface area contributed by atoms with E-state index in [2.05, 4.69) is 18.8 Å². The second-order valence-corrected chi connectivity index (χ2v) is 6.21. The van der Waals surface area contributed by atoms with E-state index in [0.29, 0.717) is 0 Å². The fourth-order valence-corrected chi connectivity index (χ4v) is 2.88. The number of aromatic amines is 1. The number of alkyl halides is 3. The van der Waals surface area contributed by atoms with Crippen LogP contribution in [0, 0.1) is 0 Å². The molecule has 0 bridgehead atoms. The van der Waals surface area contributed by atoms with Crippen molar-refractivity contribution in [2.75, 3.05) is 0 Å². The summed E-state index contributed by atoms with van der Waals surface area (Å²) in [5.41, 5.74) is -2.14. The molecule has 116 valence electrons. The molecule has 1 nitrogen and oxygen atoms in total. The number of hydrogen-bond donors (Lipinski definition) is 1. The molecule has 0 aliphatic carbocycles. The lowest BCUT2D eigenvalue weighted by atomic mass is 10.0. The predicted octanol–water partition coefficient (Wildman–Crippen LogP) is 6.09. The van der Waals surface area contributed by atoms with Gasteiger partial charge in [-0.3, -0.25) is 0 Å². The third-order valence-corrected chi connectivity index (χ3v) is 3.94. The predicted molar refractivity (Wildman–Crippen MR) is 79.2 cm³/mol. The minimum absolute atomic E-state index is 0.0414. The van der Waals surface area contributed by atoms with E-state index in [-0.39, 0.29) is 16.8 Å². The molecule has 0 aromatic carbocycles. The zero-order valence-electron chi connectivity index (χ0n) is 12.3. The number of H-pyrrole nitrogens is 1. The van der Waals surface area contributed by atoms with Crippen molar-refractivity contribution in [3.05, 3.63) is 17.3 Å². The Morgan fingerprint density at radius 2 is 1.60 bits per heavy atom. The largest absolute Gasteiger partial charge is 0.447 e. The minimum atomic E-state index is -4.22. The van der Waals surface area contributed by atoms with E-state index in [9.17, 15) is 13.2 Å². The van der Waals surface area contributed by atoms with Crippen LogP contribution in [0.25, 0.3) is 0 Å².